The average molecular weight is 388 g/mol. The van der Waals surface area contributed by atoms with Crippen LogP contribution in [-0.4, -0.2) is 22.2 Å². The number of nitrogens with one attached hydrogen (secondary N) is 2. The quantitative estimate of drug-likeness (QED) is 0.825. The van der Waals surface area contributed by atoms with Crippen LogP contribution in [0.1, 0.15) is 17.5 Å². The van der Waals surface area contributed by atoms with E-state index < -0.39 is 5.25 Å². The summed E-state index contributed by atoms with van der Waals surface area (Å²) in [5.74, 6) is -0.481. The van der Waals surface area contributed by atoms with Crippen molar-refractivity contribution < 1.29 is 9.59 Å². The number of rotatable bonds is 4. The molecule has 2 aromatic rings. The molecule has 3 rings (SSSR count). The SMILES string of the molecule is Cc1cc(C)cc(N=C2NC(=O)[C@@H](CC(=O)Nc3ccccc3Cl)S2)c1. The number of carbonyl (C=O) groups is 2. The fraction of sp³-hybridized carbons (Fsp3) is 0.211. The Bertz CT molecular complexity index is 878. The summed E-state index contributed by atoms with van der Waals surface area (Å²) in [5, 5.41) is 5.93. The predicted molar refractivity (Wildman–Crippen MR) is 107 cm³/mol. The van der Waals surface area contributed by atoms with E-state index in [4.69, 9.17) is 11.6 Å². The van der Waals surface area contributed by atoms with Crippen molar-refractivity contribution in [3.63, 3.8) is 0 Å². The van der Waals surface area contributed by atoms with Crippen LogP contribution < -0.4 is 10.6 Å². The molecule has 2 amide bonds. The van der Waals surface area contributed by atoms with Crippen LogP contribution in [-0.2, 0) is 9.59 Å². The molecule has 1 heterocycles. The third-order valence-electron chi connectivity index (χ3n) is 3.73. The van der Waals surface area contributed by atoms with Gasteiger partial charge in [-0.15, -0.1) is 0 Å². The molecule has 1 saturated heterocycles. The van der Waals surface area contributed by atoms with Crippen molar-refractivity contribution in [2.24, 2.45) is 4.99 Å². The second kappa shape index (κ2) is 7.93. The van der Waals surface area contributed by atoms with Crippen molar-refractivity contribution >= 4 is 51.7 Å². The summed E-state index contributed by atoms with van der Waals surface area (Å²) in [7, 11) is 0. The van der Waals surface area contributed by atoms with Gasteiger partial charge in [-0.3, -0.25) is 9.59 Å². The van der Waals surface area contributed by atoms with Crippen LogP contribution in [0.25, 0.3) is 0 Å². The number of aryl methyl sites for hydroxylation is 2. The number of halogens is 1. The van der Waals surface area contributed by atoms with Crippen LogP contribution >= 0.6 is 23.4 Å². The molecule has 0 bridgehead atoms. The summed E-state index contributed by atoms with van der Waals surface area (Å²) in [4.78, 5) is 28.8. The van der Waals surface area contributed by atoms with Crippen LogP contribution in [0.5, 0.6) is 0 Å². The highest BCUT2D eigenvalue weighted by Crippen LogP contribution is 2.27. The summed E-state index contributed by atoms with van der Waals surface area (Å²) >= 11 is 7.30. The van der Waals surface area contributed by atoms with Gasteiger partial charge < -0.3 is 10.6 Å². The van der Waals surface area contributed by atoms with Crippen LogP contribution in [0.2, 0.25) is 5.02 Å². The Labute approximate surface area is 161 Å². The molecule has 1 fully saturated rings. The van der Waals surface area contributed by atoms with E-state index in [0.717, 1.165) is 16.8 Å². The molecule has 1 aliphatic heterocycles. The molecule has 1 aliphatic rings. The summed E-state index contributed by atoms with van der Waals surface area (Å²) in [6.45, 7) is 4.00. The minimum Gasteiger partial charge on any atom is -0.325 e. The molecular formula is C19H18ClN3O2S. The molecule has 0 unspecified atom stereocenters. The molecule has 1 atom stereocenters. The largest absolute Gasteiger partial charge is 0.325 e. The van der Waals surface area contributed by atoms with E-state index in [1.165, 1.54) is 11.8 Å². The fourth-order valence-corrected chi connectivity index (χ4v) is 3.83. The number of hydrogen-bond acceptors (Lipinski definition) is 4. The number of nitrogens with zero attached hydrogens (tertiary/aromatic N) is 1. The number of carbonyl (C=O) groups excluding carboxylic acids is 2. The number of amidine groups is 1. The van der Waals surface area contributed by atoms with Crippen molar-refractivity contribution in [3.05, 3.63) is 58.6 Å². The Morgan fingerprint density at radius 2 is 1.92 bits per heavy atom. The second-order valence-electron chi connectivity index (χ2n) is 6.09. The summed E-state index contributed by atoms with van der Waals surface area (Å²) in [5.41, 5.74) is 3.53. The highest BCUT2D eigenvalue weighted by molar-refractivity contribution is 8.15. The van der Waals surface area contributed by atoms with Gasteiger partial charge in [-0.1, -0.05) is 41.6 Å². The normalized spacial score (nSPS) is 18.0. The minimum atomic E-state index is -0.512. The first-order valence-corrected chi connectivity index (χ1v) is 9.35. The lowest BCUT2D eigenvalue weighted by Gasteiger charge is -2.08. The highest BCUT2D eigenvalue weighted by Gasteiger charge is 2.32. The van der Waals surface area contributed by atoms with Gasteiger partial charge in [0.1, 0.15) is 5.25 Å². The van der Waals surface area contributed by atoms with Crippen LogP contribution in [0, 0.1) is 13.8 Å². The van der Waals surface area contributed by atoms with Gasteiger partial charge in [-0.2, -0.15) is 0 Å². The van der Waals surface area contributed by atoms with Gasteiger partial charge in [0.05, 0.1) is 16.4 Å². The van der Waals surface area contributed by atoms with Gasteiger partial charge in [0.15, 0.2) is 5.17 Å². The van der Waals surface area contributed by atoms with Gasteiger partial charge in [-0.25, -0.2) is 4.99 Å². The second-order valence-corrected chi connectivity index (χ2v) is 7.69. The third-order valence-corrected chi connectivity index (χ3v) is 5.14. The highest BCUT2D eigenvalue weighted by atomic mass is 35.5. The molecule has 0 saturated carbocycles. The lowest BCUT2D eigenvalue weighted by atomic mass is 10.1. The maximum atomic E-state index is 12.2. The maximum Gasteiger partial charge on any atom is 0.240 e. The molecule has 0 aliphatic carbocycles. The summed E-state index contributed by atoms with van der Waals surface area (Å²) < 4.78 is 0. The first-order chi connectivity index (χ1) is 12.4. The first kappa shape index (κ1) is 18.5. The standard InChI is InChI=1S/C19H18ClN3O2S/c1-11-7-12(2)9-13(8-11)21-19-23-18(25)16(26-19)10-17(24)22-15-6-4-3-5-14(15)20/h3-9,16H,10H2,1-2H3,(H,22,24)(H,21,23,25)/t16-/m1/s1. The van der Waals surface area contributed by atoms with Crippen LogP contribution in [0.4, 0.5) is 11.4 Å². The Hall–Kier alpha value is -2.31. The van der Waals surface area contributed by atoms with Crippen molar-refractivity contribution in [3.8, 4) is 0 Å². The van der Waals surface area contributed by atoms with Crippen molar-refractivity contribution in [2.75, 3.05) is 5.32 Å². The molecule has 0 radical (unpaired) electrons. The Morgan fingerprint density at radius 1 is 1.23 bits per heavy atom. The number of anilines is 1. The molecule has 2 N–H and O–H groups in total. The smallest absolute Gasteiger partial charge is 0.240 e. The first-order valence-electron chi connectivity index (χ1n) is 8.09. The monoisotopic (exact) mass is 387 g/mol. The molecular weight excluding hydrogens is 370 g/mol. The summed E-state index contributed by atoms with van der Waals surface area (Å²) in [6, 6.07) is 12.9. The van der Waals surface area contributed by atoms with E-state index >= 15 is 0 Å². The molecule has 134 valence electrons. The Balaban J connectivity index is 1.65. The number of amides is 2. The van der Waals surface area contributed by atoms with Crippen LogP contribution in [0.15, 0.2) is 47.5 Å². The molecule has 0 spiro atoms. The van der Waals surface area contributed by atoms with Crippen molar-refractivity contribution in [1.29, 1.82) is 0 Å². The summed E-state index contributed by atoms with van der Waals surface area (Å²) in [6.07, 6.45) is 0.0492. The Morgan fingerprint density at radius 3 is 2.62 bits per heavy atom. The minimum absolute atomic E-state index is 0.0492. The lowest BCUT2D eigenvalue weighted by Crippen LogP contribution is -2.28. The molecule has 7 heteroatoms. The molecule has 26 heavy (non-hydrogen) atoms. The molecule has 0 aromatic heterocycles. The zero-order valence-electron chi connectivity index (χ0n) is 14.4. The fourth-order valence-electron chi connectivity index (χ4n) is 2.66. The van der Waals surface area contributed by atoms with Gasteiger partial charge >= 0.3 is 0 Å². The number of benzene rings is 2. The van der Waals surface area contributed by atoms with Gasteiger partial charge in [0.25, 0.3) is 0 Å². The zero-order chi connectivity index (χ0) is 18.7. The average Bonchev–Trinajstić information content (AvgIpc) is 2.88. The van der Waals surface area contributed by atoms with E-state index in [1.807, 2.05) is 26.0 Å². The zero-order valence-corrected chi connectivity index (χ0v) is 15.9. The topological polar surface area (TPSA) is 70.6 Å². The van der Waals surface area contributed by atoms with Crippen molar-refractivity contribution in [1.82, 2.24) is 5.32 Å². The van der Waals surface area contributed by atoms with Crippen molar-refractivity contribution in [2.45, 2.75) is 25.5 Å². The van der Waals surface area contributed by atoms with E-state index in [1.54, 1.807) is 24.3 Å². The maximum absolute atomic E-state index is 12.2. The third kappa shape index (κ3) is 4.65. The van der Waals surface area contributed by atoms with Gasteiger partial charge in [0.2, 0.25) is 11.8 Å². The molecule has 2 aromatic carbocycles. The number of hydrogen-bond donors (Lipinski definition) is 2. The van der Waals surface area contributed by atoms with Gasteiger partial charge in [0, 0.05) is 6.42 Å². The number of thioether (sulfide) groups is 1. The van der Waals surface area contributed by atoms with E-state index in [9.17, 15) is 9.59 Å². The predicted octanol–water partition coefficient (Wildman–Crippen LogP) is 4.20. The number of aliphatic imine (C=N–C) groups is 1. The van der Waals surface area contributed by atoms with E-state index in [0.29, 0.717) is 15.9 Å². The Kier molecular flexibility index (Phi) is 5.64. The van der Waals surface area contributed by atoms with Crippen LogP contribution in [0.3, 0.4) is 0 Å². The van der Waals surface area contributed by atoms with E-state index in [-0.39, 0.29) is 18.2 Å². The van der Waals surface area contributed by atoms with E-state index in [2.05, 4.69) is 21.7 Å². The number of para-hydroxylation sites is 1. The molecule has 5 nitrogen and oxygen atoms in total. The lowest BCUT2D eigenvalue weighted by molar-refractivity contribution is -0.122. The van der Waals surface area contributed by atoms with Gasteiger partial charge in [-0.05, 0) is 49.2 Å².